The number of methoxy groups -OCH3 is 1. The largest absolute Gasteiger partial charge is 0.497 e. The molecule has 0 saturated heterocycles. The van der Waals surface area contributed by atoms with Crippen LogP contribution in [0.5, 0.6) is 5.75 Å². The maximum atomic E-state index is 6.46. The minimum absolute atomic E-state index is 0.450. The first-order chi connectivity index (χ1) is 11.7. The summed E-state index contributed by atoms with van der Waals surface area (Å²) in [7, 11) is 1.64. The van der Waals surface area contributed by atoms with Gasteiger partial charge in [-0.2, -0.15) is 0 Å². The summed E-state index contributed by atoms with van der Waals surface area (Å²) < 4.78 is 7.59. The highest BCUT2D eigenvalue weighted by Crippen LogP contribution is 2.41. The van der Waals surface area contributed by atoms with Crippen LogP contribution in [0.2, 0.25) is 10.2 Å². The fourth-order valence-corrected chi connectivity index (χ4v) is 4.00. The first-order valence-corrected chi connectivity index (χ1v) is 8.79. The minimum Gasteiger partial charge on any atom is -0.497 e. The number of halogens is 2. The quantitative estimate of drug-likeness (QED) is 0.575. The van der Waals surface area contributed by atoms with Gasteiger partial charge >= 0.3 is 0 Å². The van der Waals surface area contributed by atoms with E-state index in [-0.39, 0.29) is 0 Å². The van der Waals surface area contributed by atoms with Gasteiger partial charge in [0.25, 0.3) is 0 Å². The van der Waals surface area contributed by atoms with Gasteiger partial charge in [0.1, 0.15) is 22.9 Å². The van der Waals surface area contributed by atoms with Gasteiger partial charge in [-0.05, 0) is 31.0 Å². The molecule has 1 fully saturated rings. The van der Waals surface area contributed by atoms with E-state index in [1.807, 2.05) is 18.2 Å². The van der Waals surface area contributed by atoms with Crippen molar-refractivity contribution < 1.29 is 4.74 Å². The van der Waals surface area contributed by atoms with Gasteiger partial charge < -0.3 is 9.30 Å². The minimum atomic E-state index is 0.450. The monoisotopic (exact) mass is 361 g/mol. The van der Waals surface area contributed by atoms with Crippen molar-refractivity contribution in [2.75, 3.05) is 7.11 Å². The molecule has 4 rings (SSSR count). The molecule has 2 heterocycles. The molecule has 1 saturated carbocycles. The van der Waals surface area contributed by atoms with Crippen molar-refractivity contribution in [2.45, 2.75) is 31.7 Å². The average molecular weight is 362 g/mol. The predicted octanol–water partition coefficient (Wildman–Crippen LogP) is 5.53. The number of ether oxygens (including phenoxy) is 1. The summed E-state index contributed by atoms with van der Waals surface area (Å²) in [5, 5.41) is 1.95. The number of rotatable bonds is 3. The Labute approximate surface area is 150 Å². The van der Waals surface area contributed by atoms with Gasteiger partial charge in [-0.15, -0.1) is 0 Å². The van der Waals surface area contributed by atoms with Crippen LogP contribution < -0.4 is 4.74 Å². The van der Waals surface area contributed by atoms with Crippen LogP contribution in [-0.4, -0.2) is 21.6 Å². The van der Waals surface area contributed by atoms with Crippen molar-refractivity contribution in [1.29, 1.82) is 0 Å². The maximum absolute atomic E-state index is 6.46. The van der Waals surface area contributed by atoms with Gasteiger partial charge in [-0.3, -0.25) is 0 Å². The highest BCUT2D eigenvalue weighted by molar-refractivity contribution is 6.36. The van der Waals surface area contributed by atoms with Crippen LogP contribution in [0, 0.1) is 0 Å². The van der Waals surface area contributed by atoms with Gasteiger partial charge in [-0.1, -0.05) is 36.0 Å². The molecule has 0 N–H and O–H groups in total. The second-order valence-electron chi connectivity index (χ2n) is 6.10. The van der Waals surface area contributed by atoms with Crippen molar-refractivity contribution >= 4 is 34.2 Å². The molecule has 1 aliphatic rings. The summed E-state index contributed by atoms with van der Waals surface area (Å²) in [6.07, 6.45) is 8.46. The van der Waals surface area contributed by atoms with Crippen LogP contribution >= 0.6 is 23.2 Å². The lowest BCUT2D eigenvalue weighted by atomic mass is 10.1. The van der Waals surface area contributed by atoms with E-state index in [1.165, 1.54) is 19.2 Å². The summed E-state index contributed by atoms with van der Waals surface area (Å²) in [6, 6.07) is 6.07. The predicted molar refractivity (Wildman–Crippen MR) is 97.0 cm³/mol. The molecule has 3 aromatic rings. The average Bonchev–Trinajstić information content (AvgIpc) is 3.23. The Morgan fingerprint density at radius 1 is 1.12 bits per heavy atom. The van der Waals surface area contributed by atoms with Gasteiger partial charge in [0.15, 0.2) is 0 Å². The zero-order chi connectivity index (χ0) is 16.7. The molecule has 24 heavy (non-hydrogen) atoms. The van der Waals surface area contributed by atoms with Crippen LogP contribution in [0.4, 0.5) is 0 Å². The van der Waals surface area contributed by atoms with E-state index in [0.29, 0.717) is 16.2 Å². The Hall–Kier alpha value is -1.78. The number of hydrogen-bond acceptors (Lipinski definition) is 3. The molecular formula is C18H17Cl2N3O. The summed E-state index contributed by atoms with van der Waals surface area (Å²) in [5.41, 5.74) is 2.71. The third kappa shape index (κ3) is 2.54. The number of nitrogens with zero attached hydrogens (tertiary/aromatic N) is 3. The molecule has 6 heteroatoms. The third-order valence-electron chi connectivity index (χ3n) is 4.74. The molecule has 0 bridgehead atoms. The molecule has 1 aliphatic carbocycles. The first-order valence-electron chi connectivity index (χ1n) is 8.04. The van der Waals surface area contributed by atoms with E-state index in [0.717, 1.165) is 40.8 Å². The van der Waals surface area contributed by atoms with E-state index in [1.54, 1.807) is 7.11 Å². The van der Waals surface area contributed by atoms with Gasteiger partial charge in [-0.25, -0.2) is 9.97 Å². The zero-order valence-corrected chi connectivity index (χ0v) is 14.8. The molecule has 0 amide bonds. The Morgan fingerprint density at radius 3 is 2.67 bits per heavy atom. The van der Waals surface area contributed by atoms with Crippen molar-refractivity contribution in [3.63, 3.8) is 0 Å². The number of aromatic nitrogens is 3. The molecule has 0 atom stereocenters. The Morgan fingerprint density at radius 2 is 1.92 bits per heavy atom. The second-order valence-corrected chi connectivity index (χ2v) is 6.86. The normalized spacial score (nSPS) is 15.3. The van der Waals surface area contributed by atoms with Crippen LogP contribution in [0.1, 0.15) is 31.7 Å². The summed E-state index contributed by atoms with van der Waals surface area (Å²) >= 11 is 12.9. The molecule has 124 valence electrons. The van der Waals surface area contributed by atoms with E-state index in [9.17, 15) is 0 Å². The SMILES string of the molecule is COc1ccc(Cl)c(-c2cn(C3CCCC3)c3ncnc(Cl)c23)c1. The van der Waals surface area contributed by atoms with Crippen molar-refractivity contribution in [3.8, 4) is 16.9 Å². The van der Waals surface area contributed by atoms with E-state index in [2.05, 4.69) is 20.7 Å². The number of benzene rings is 1. The molecule has 1 aromatic carbocycles. The summed E-state index contributed by atoms with van der Waals surface area (Å²) in [6.45, 7) is 0. The maximum Gasteiger partial charge on any atom is 0.145 e. The smallest absolute Gasteiger partial charge is 0.145 e. The van der Waals surface area contributed by atoms with Crippen molar-refractivity contribution in [3.05, 3.63) is 40.9 Å². The van der Waals surface area contributed by atoms with Crippen LogP contribution in [0.15, 0.2) is 30.7 Å². The summed E-state index contributed by atoms with van der Waals surface area (Å²) in [5.74, 6) is 0.754. The zero-order valence-electron chi connectivity index (χ0n) is 13.3. The van der Waals surface area contributed by atoms with Crippen molar-refractivity contribution in [1.82, 2.24) is 14.5 Å². The highest BCUT2D eigenvalue weighted by atomic mass is 35.5. The Balaban J connectivity index is 1.99. The lowest BCUT2D eigenvalue weighted by Crippen LogP contribution is -2.03. The molecular weight excluding hydrogens is 345 g/mol. The standard InChI is InChI=1S/C18H17Cl2N3O/c1-24-12-6-7-15(19)13(8-12)14-9-23(11-4-2-3-5-11)18-16(14)17(20)21-10-22-18/h6-11H,2-5H2,1H3. The fraction of sp³-hybridized carbons (Fsp3) is 0.333. The summed E-state index contributed by atoms with van der Waals surface area (Å²) in [4.78, 5) is 8.67. The van der Waals surface area contributed by atoms with Crippen LogP contribution in [0.3, 0.4) is 0 Å². The molecule has 0 spiro atoms. The van der Waals surface area contributed by atoms with Crippen molar-refractivity contribution in [2.24, 2.45) is 0 Å². The fourth-order valence-electron chi connectivity index (χ4n) is 3.55. The lowest BCUT2D eigenvalue weighted by molar-refractivity contribution is 0.415. The number of fused-ring (bicyclic) bond motifs is 1. The Bertz CT molecular complexity index is 901. The van der Waals surface area contributed by atoms with Gasteiger partial charge in [0.2, 0.25) is 0 Å². The third-order valence-corrected chi connectivity index (χ3v) is 5.36. The van der Waals surface area contributed by atoms with Crippen LogP contribution in [-0.2, 0) is 0 Å². The van der Waals surface area contributed by atoms with E-state index >= 15 is 0 Å². The lowest BCUT2D eigenvalue weighted by Gasteiger charge is -2.12. The molecule has 0 unspecified atom stereocenters. The highest BCUT2D eigenvalue weighted by Gasteiger charge is 2.24. The topological polar surface area (TPSA) is 39.9 Å². The molecule has 0 aliphatic heterocycles. The molecule has 2 aromatic heterocycles. The van der Waals surface area contributed by atoms with Gasteiger partial charge in [0.05, 0.1) is 12.5 Å². The molecule has 4 nitrogen and oxygen atoms in total. The van der Waals surface area contributed by atoms with E-state index < -0.39 is 0 Å². The number of hydrogen-bond donors (Lipinski definition) is 0. The Kier molecular flexibility index (Phi) is 4.10. The second kappa shape index (κ2) is 6.26. The van der Waals surface area contributed by atoms with Crippen LogP contribution in [0.25, 0.3) is 22.2 Å². The van der Waals surface area contributed by atoms with E-state index in [4.69, 9.17) is 27.9 Å². The molecule has 0 radical (unpaired) electrons. The van der Waals surface area contributed by atoms with Gasteiger partial charge in [0, 0.05) is 28.4 Å². The first kappa shape index (κ1) is 15.7.